The number of carbonyl (C=O) groups excluding carboxylic acids is 2. The molecule has 3 heterocycles. The number of imide groups is 1. The molecule has 7 heteroatoms. The molecule has 0 bridgehead atoms. The van der Waals surface area contributed by atoms with E-state index < -0.39 is 6.10 Å². The van der Waals surface area contributed by atoms with Crippen LogP contribution in [0.1, 0.15) is 30.7 Å². The fourth-order valence-electron chi connectivity index (χ4n) is 2.13. The van der Waals surface area contributed by atoms with E-state index >= 15 is 0 Å². The highest BCUT2D eigenvalue weighted by molar-refractivity contribution is 8.18. The highest BCUT2D eigenvalue weighted by atomic mass is 32.2. The van der Waals surface area contributed by atoms with E-state index in [1.165, 1.54) is 0 Å². The first-order valence-corrected chi connectivity index (χ1v) is 7.30. The number of rotatable bonds is 3. The number of hydrogen-bond donors (Lipinski definition) is 2. The largest absolute Gasteiger partial charge is 0.387 e. The van der Waals surface area contributed by atoms with Gasteiger partial charge in [-0.25, -0.2) is 4.98 Å². The Morgan fingerprint density at radius 1 is 1.48 bits per heavy atom. The quantitative estimate of drug-likeness (QED) is 0.848. The van der Waals surface area contributed by atoms with Gasteiger partial charge < -0.3 is 9.51 Å². The number of nitrogens with zero attached hydrogens (tertiary/aromatic N) is 2. The average Bonchev–Trinajstić information content (AvgIpc) is 3.01. The molecule has 1 fully saturated rings. The first kappa shape index (κ1) is 13.8. The molecule has 0 aromatic carbocycles. The number of carbonyl (C=O) groups is 2. The third kappa shape index (κ3) is 2.57. The molecule has 0 spiro atoms. The lowest BCUT2D eigenvalue weighted by Crippen LogP contribution is -2.17. The minimum atomic E-state index is -0.589. The van der Waals surface area contributed by atoms with Crippen LogP contribution >= 0.6 is 11.8 Å². The maximum absolute atomic E-state index is 11.5. The number of thioether (sulfide) groups is 1. The molecular formula is C14H13N3O3S. The van der Waals surface area contributed by atoms with Crippen molar-refractivity contribution in [2.24, 2.45) is 0 Å². The zero-order chi connectivity index (χ0) is 15.0. The third-order valence-corrected chi connectivity index (χ3v) is 4.04. The standard InChI is InChI=1S/C14H13N3O3S/c1-2-10(18)9-6-15-12-4-3-8(7-17(9)12)5-11-13(19)16-14(20)21-11/h3-7,10,18H,2H2,1H3,(H,16,19,20). The van der Waals surface area contributed by atoms with Crippen LogP contribution in [0.4, 0.5) is 4.79 Å². The van der Waals surface area contributed by atoms with E-state index in [1.54, 1.807) is 28.9 Å². The second-order valence-corrected chi connectivity index (χ2v) is 5.66. The van der Waals surface area contributed by atoms with Crippen LogP contribution in [0.15, 0.2) is 29.4 Å². The minimum absolute atomic E-state index is 0.358. The Bertz CT molecular complexity index is 766. The van der Waals surface area contributed by atoms with Gasteiger partial charge in [0.05, 0.1) is 22.9 Å². The predicted molar refractivity (Wildman–Crippen MR) is 79.5 cm³/mol. The first-order chi connectivity index (χ1) is 10.1. The van der Waals surface area contributed by atoms with Gasteiger partial charge in [-0.05, 0) is 42.0 Å². The summed E-state index contributed by atoms with van der Waals surface area (Å²) in [5, 5.41) is 11.8. The monoisotopic (exact) mass is 303 g/mol. The van der Waals surface area contributed by atoms with Crippen LogP contribution in [0.5, 0.6) is 0 Å². The highest BCUT2D eigenvalue weighted by Gasteiger charge is 2.25. The van der Waals surface area contributed by atoms with Gasteiger partial charge in [-0.2, -0.15) is 0 Å². The minimum Gasteiger partial charge on any atom is -0.387 e. The lowest BCUT2D eigenvalue weighted by molar-refractivity contribution is -0.115. The molecular weight excluding hydrogens is 290 g/mol. The Balaban J connectivity index is 2.02. The summed E-state index contributed by atoms with van der Waals surface area (Å²) < 4.78 is 1.79. The molecule has 1 saturated heterocycles. The summed E-state index contributed by atoms with van der Waals surface area (Å²) in [4.78, 5) is 27.3. The van der Waals surface area contributed by atoms with Gasteiger partial charge in [-0.3, -0.25) is 14.9 Å². The molecule has 1 aliphatic rings. The van der Waals surface area contributed by atoms with Crippen molar-refractivity contribution in [3.8, 4) is 0 Å². The molecule has 0 radical (unpaired) electrons. The smallest absolute Gasteiger partial charge is 0.290 e. The van der Waals surface area contributed by atoms with Crippen LogP contribution in [-0.2, 0) is 4.79 Å². The summed E-state index contributed by atoms with van der Waals surface area (Å²) in [7, 11) is 0. The van der Waals surface area contributed by atoms with Gasteiger partial charge in [0.25, 0.3) is 11.1 Å². The second kappa shape index (κ2) is 5.34. The lowest BCUT2D eigenvalue weighted by Gasteiger charge is -2.07. The third-order valence-electron chi connectivity index (χ3n) is 3.23. The van der Waals surface area contributed by atoms with Gasteiger partial charge in [-0.15, -0.1) is 0 Å². The number of aromatic nitrogens is 2. The fraction of sp³-hybridized carbons (Fsp3) is 0.214. The fourth-order valence-corrected chi connectivity index (χ4v) is 2.81. The Kier molecular flexibility index (Phi) is 3.52. The molecule has 0 saturated carbocycles. The number of pyridine rings is 1. The van der Waals surface area contributed by atoms with E-state index in [1.807, 2.05) is 13.0 Å². The molecule has 21 heavy (non-hydrogen) atoms. The summed E-state index contributed by atoms with van der Waals surface area (Å²) in [6.45, 7) is 1.89. The molecule has 2 aromatic rings. The van der Waals surface area contributed by atoms with Crippen molar-refractivity contribution in [2.45, 2.75) is 19.4 Å². The molecule has 2 amide bonds. The predicted octanol–water partition coefficient (Wildman–Crippen LogP) is 2.10. The van der Waals surface area contributed by atoms with Crippen LogP contribution in [-0.4, -0.2) is 25.6 Å². The summed E-state index contributed by atoms with van der Waals surface area (Å²) in [5.74, 6) is -0.385. The number of aliphatic hydroxyl groups is 1. The number of amides is 2. The second-order valence-electron chi connectivity index (χ2n) is 4.65. The van der Waals surface area contributed by atoms with Gasteiger partial charge in [0.2, 0.25) is 0 Å². The molecule has 2 N–H and O–H groups in total. The van der Waals surface area contributed by atoms with Crippen LogP contribution in [0, 0.1) is 0 Å². The van der Waals surface area contributed by atoms with Crippen molar-refractivity contribution in [2.75, 3.05) is 0 Å². The van der Waals surface area contributed by atoms with Gasteiger partial charge >= 0.3 is 0 Å². The maximum atomic E-state index is 11.5. The Labute approximate surface area is 124 Å². The van der Waals surface area contributed by atoms with Crippen molar-refractivity contribution >= 4 is 34.6 Å². The first-order valence-electron chi connectivity index (χ1n) is 6.48. The zero-order valence-electron chi connectivity index (χ0n) is 11.2. The Morgan fingerprint density at radius 2 is 2.29 bits per heavy atom. The Hall–Kier alpha value is -2.12. The maximum Gasteiger partial charge on any atom is 0.290 e. The SMILES string of the molecule is CCC(O)c1cnc2ccc(C=C3SC(=O)NC3=O)cn12. The lowest BCUT2D eigenvalue weighted by atomic mass is 10.2. The summed E-state index contributed by atoms with van der Waals surface area (Å²) in [5.41, 5.74) is 2.18. The summed E-state index contributed by atoms with van der Waals surface area (Å²) >= 11 is 0.878. The molecule has 1 atom stereocenters. The topological polar surface area (TPSA) is 83.7 Å². The van der Waals surface area contributed by atoms with Gasteiger partial charge in [-0.1, -0.05) is 6.92 Å². The van der Waals surface area contributed by atoms with Crippen molar-refractivity contribution in [3.63, 3.8) is 0 Å². The van der Waals surface area contributed by atoms with E-state index in [-0.39, 0.29) is 11.1 Å². The number of imidazole rings is 1. The van der Waals surface area contributed by atoms with Crippen LogP contribution in [0.3, 0.4) is 0 Å². The van der Waals surface area contributed by atoms with Crippen molar-refractivity contribution in [3.05, 3.63) is 40.7 Å². The van der Waals surface area contributed by atoms with Gasteiger partial charge in [0.15, 0.2) is 0 Å². The molecule has 6 nitrogen and oxygen atoms in total. The van der Waals surface area contributed by atoms with Crippen molar-refractivity contribution in [1.29, 1.82) is 0 Å². The number of hydrogen-bond acceptors (Lipinski definition) is 5. The van der Waals surface area contributed by atoms with Crippen LogP contribution < -0.4 is 5.32 Å². The van der Waals surface area contributed by atoms with Crippen molar-refractivity contribution in [1.82, 2.24) is 14.7 Å². The molecule has 0 aliphatic carbocycles. The number of fused-ring (bicyclic) bond motifs is 1. The average molecular weight is 303 g/mol. The zero-order valence-corrected chi connectivity index (χ0v) is 12.1. The van der Waals surface area contributed by atoms with Crippen molar-refractivity contribution < 1.29 is 14.7 Å². The van der Waals surface area contributed by atoms with Gasteiger partial charge in [0, 0.05) is 6.20 Å². The van der Waals surface area contributed by atoms with Gasteiger partial charge in [0.1, 0.15) is 5.65 Å². The normalized spacial score (nSPS) is 18.5. The van der Waals surface area contributed by atoms with E-state index in [0.29, 0.717) is 17.0 Å². The van der Waals surface area contributed by atoms with E-state index in [0.717, 1.165) is 23.0 Å². The van der Waals surface area contributed by atoms with E-state index in [4.69, 9.17) is 0 Å². The molecule has 1 unspecified atom stereocenters. The number of aliphatic hydroxyl groups excluding tert-OH is 1. The van der Waals surface area contributed by atoms with Crippen LogP contribution in [0.25, 0.3) is 11.7 Å². The molecule has 2 aromatic heterocycles. The summed E-state index contributed by atoms with van der Waals surface area (Å²) in [6, 6.07) is 3.62. The summed E-state index contributed by atoms with van der Waals surface area (Å²) in [6.07, 6.45) is 5.08. The molecule has 1 aliphatic heterocycles. The van der Waals surface area contributed by atoms with Crippen LogP contribution in [0.2, 0.25) is 0 Å². The highest BCUT2D eigenvalue weighted by Crippen LogP contribution is 2.26. The molecule has 3 rings (SSSR count). The molecule has 108 valence electrons. The number of nitrogens with one attached hydrogen (secondary N) is 1. The van der Waals surface area contributed by atoms with E-state index in [2.05, 4.69) is 10.3 Å². The Morgan fingerprint density at radius 3 is 2.95 bits per heavy atom. The van der Waals surface area contributed by atoms with E-state index in [9.17, 15) is 14.7 Å².